The number of rotatable bonds is 2. The summed E-state index contributed by atoms with van der Waals surface area (Å²) in [5.41, 5.74) is 1.60. The summed E-state index contributed by atoms with van der Waals surface area (Å²) in [5, 5.41) is 16.2. The van der Waals surface area contributed by atoms with Gasteiger partial charge in [-0.2, -0.15) is 5.10 Å². The molecule has 0 radical (unpaired) electrons. The molecule has 0 aliphatic rings. The number of benzene rings is 1. The second-order valence-corrected chi connectivity index (χ2v) is 4.03. The van der Waals surface area contributed by atoms with Crippen LogP contribution in [-0.4, -0.2) is 15.3 Å². The zero-order chi connectivity index (χ0) is 11.7. The van der Waals surface area contributed by atoms with Gasteiger partial charge in [0, 0.05) is 17.3 Å². The lowest BCUT2D eigenvalue weighted by molar-refractivity contribution is 0.462. The minimum atomic E-state index is -0.345. The molecule has 2 aromatic rings. The first kappa shape index (κ1) is 10.7. The Morgan fingerprint density at radius 3 is 2.69 bits per heavy atom. The van der Waals surface area contributed by atoms with Crippen LogP contribution < -0.4 is 0 Å². The van der Waals surface area contributed by atoms with Crippen molar-refractivity contribution in [3.63, 3.8) is 0 Å². The van der Waals surface area contributed by atoms with E-state index in [4.69, 9.17) is 0 Å². The first-order valence-electron chi connectivity index (χ1n) is 5.11. The molecule has 16 heavy (non-hydrogen) atoms. The van der Waals surface area contributed by atoms with Crippen molar-refractivity contribution in [2.24, 2.45) is 0 Å². The maximum atomic E-state index is 13.8. The number of nitrogens with one attached hydrogen (secondary N) is 1. The summed E-state index contributed by atoms with van der Waals surface area (Å²) in [4.78, 5) is 0. The predicted molar refractivity (Wildman–Crippen MR) is 59.7 cm³/mol. The van der Waals surface area contributed by atoms with Gasteiger partial charge in [-0.15, -0.1) is 0 Å². The molecule has 2 N–H and O–H groups in total. The molecule has 0 saturated heterocycles. The van der Waals surface area contributed by atoms with E-state index in [-0.39, 0.29) is 17.5 Å². The van der Waals surface area contributed by atoms with Crippen LogP contribution in [0.4, 0.5) is 4.39 Å². The predicted octanol–water partition coefficient (Wildman–Crippen LogP) is 3.04. The van der Waals surface area contributed by atoms with Crippen LogP contribution in [0, 0.1) is 5.82 Å². The van der Waals surface area contributed by atoms with Crippen LogP contribution >= 0.6 is 0 Å². The van der Waals surface area contributed by atoms with E-state index in [2.05, 4.69) is 10.2 Å². The van der Waals surface area contributed by atoms with Crippen molar-refractivity contribution in [3.05, 3.63) is 35.9 Å². The highest BCUT2D eigenvalue weighted by Crippen LogP contribution is 2.32. The Kier molecular flexibility index (Phi) is 2.64. The summed E-state index contributed by atoms with van der Waals surface area (Å²) in [6, 6.07) is 2.82. The molecular formula is C12H13FN2O. The van der Waals surface area contributed by atoms with E-state index in [9.17, 15) is 9.50 Å². The molecule has 0 spiro atoms. The molecule has 0 saturated carbocycles. The monoisotopic (exact) mass is 220 g/mol. The number of aromatic hydroxyl groups is 1. The van der Waals surface area contributed by atoms with Gasteiger partial charge in [0.25, 0.3) is 0 Å². The van der Waals surface area contributed by atoms with E-state index in [1.807, 2.05) is 13.8 Å². The van der Waals surface area contributed by atoms with Gasteiger partial charge in [0.2, 0.25) is 0 Å². The smallest absolute Gasteiger partial charge is 0.131 e. The number of halogens is 1. The molecule has 1 aromatic heterocycles. The Balaban J connectivity index is 2.54. The fourth-order valence-corrected chi connectivity index (χ4v) is 1.66. The van der Waals surface area contributed by atoms with Crippen molar-refractivity contribution in [2.45, 2.75) is 19.8 Å². The summed E-state index contributed by atoms with van der Waals surface area (Å²) in [5.74, 6) is -0.136. The lowest BCUT2D eigenvalue weighted by Crippen LogP contribution is -1.92. The third-order valence-corrected chi connectivity index (χ3v) is 2.55. The molecule has 2 rings (SSSR count). The first-order valence-corrected chi connectivity index (χ1v) is 5.11. The van der Waals surface area contributed by atoms with Crippen molar-refractivity contribution in [1.82, 2.24) is 10.2 Å². The summed E-state index contributed by atoms with van der Waals surface area (Å²) >= 11 is 0. The van der Waals surface area contributed by atoms with E-state index in [0.717, 1.165) is 0 Å². The summed E-state index contributed by atoms with van der Waals surface area (Å²) in [6.07, 6.45) is 3.11. The number of phenols is 1. The molecule has 0 aliphatic heterocycles. The standard InChI is InChI=1S/C12H13FN2O/c1-7(2)9-3-11(13)10(4-12(9)16)8-5-14-15-6-8/h3-7,16H,1-2H3,(H,14,15). The molecule has 4 heteroatoms. The molecular weight excluding hydrogens is 207 g/mol. The zero-order valence-electron chi connectivity index (χ0n) is 9.16. The highest BCUT2D eigenvalue weighted by atomic mass is 19.1. The minimum absolute atomic E-state index is 0.0906. The van der Waals surface area contributed by atoms with Crippen molar-refractivity contribution >= 4 is 0 Å². The highest BCUT2D eigenvalue weighted by molar-refractivity contribution is 5.65. The topological polar surface area (TPSA) is 48.9 Å². The largest absolute Gasteiger partial charge is 0.508 e. The molecule has 0 amide bonds. The summed E-state index contributed by atoms with van der Waals surface area (Å²) in [7, 11) is 0. The number of aromatic nitrogens is 2. The SMILES string of the molecule is CC(C)c1cc(F)c(-c2cn[nH]c2)cc1O. The second-order valence-electron chi connectivity index (χ2n) is 4.03. The third kappa shape index (κ3) is 1.78. The Morgan fingerprint density at radius 2 is 2.12 bits per heavy atom. The average molecular weight is 220 g/mol. The van der Waals surface area contributed by atoms with Crippen LogP contribution in [0.3, 0.4) is 0 Å². The Morgan fingerprint density at radius 1 is 1.38 bits per heavy atom. The number of phenolic OH excluding ortho intramolecular Hbond substituents is 1. The third-order valence-electron chi connectivity index (χ3n) is 2.55. The van der Waals surface area contributed by atoms with Gasteiger partial charge < -0.3 is 5.11 Å². The van der Waals surface area contributed by atoms with E-state index >= 15 is 0 Å². The van der Waals surface area contributed by atoms with Gasteiger partial charge in [-0.05, 0) is 23.6 Å². The van der Waals surface area contributed by atoms with Crippen molar-refractivity contribution in [1.29, 1.82) is 0 Å². The molecule has 1 aromatic carbocycles. The Labute approximate surface area is 92.9 Å². The van der Waals surface area contributed by atoms with Gasteiger partial charge in [0.15, 0.2) is 0 Å². The van der Waals surface area contributed by atoms with E-state index in [1.54, 1.807) is 6.20 Å². The van der Waals surface area contributed by atoms with Crippen molar-refractivity contribution < 1.29 is 9.50 Å². The van der Waals surface area contributed by atoms with Crippen LogP contribution in [-0.2, 0) is 0 Å². The highest BCUT2D eigenvalue weighted by Gasteiger charge is 2.13. The van der Waals surface area contributed by atoms with Crippen LogP contribution in [0.15, 0.2) is 24.5 Å². The second kappa shape index (κ2) is 3.96. The number of aromatic amines is 1. The lowest BCUT2D eigenvalue weighted by atomic mass is 9.98. The molecule has 0 bridgehead atoms. The molecule has 3 nitrogen and oxygen atoms in total. The average Bonchev–Trinajstić information content (AvgIpc) is 2.73. The van der Waals surface area contributed by atoms with Gasteiger partial charge in [0.05, 0.1) is 6.20 Å². The fourth-order valence-electron chi connectivity index (χ4n) is 1.66. The van der Waals surface area contributed by atoms with Gasteiger partial charge in [-0.3, -0.25) is 5.10 Å². The Hall–Kier alpha value is -1.84. The quantitative estimate of drug-likeness (QED) is 0.817. The maximum absolute atomic E-state index is 13.8. The van der Waals surface area contributed by atoms with Crippen LogP contribution in [0.5, 0.6) is 5.75 Å². The summed E-state index contributed by atoms with van der Waals surface area (Å²) in [6.45, 7) is 3.82. The van der Waals surface area contributed by atoms with Gasteiger partial charge >= 0.3 is 0 Å². The number of hydrogen-bond acceptors (Lipinski definition) is 2. The van der Waals surface area contributed by atoms with Gasteiger partial charge in [-0.25, -0.2) is 4.39 Å². The van der Waals surface area contributed by atoms with E-state index < -0.39 is 0 Å². The number of nitrogens with zero attached hydrogens (tertiary/aromatic N) is 1. The molecule has 0 aliphatic carbocycles. The van der Waals surface area contributed by atoms with Crippen LogP contribution in [0.25, 0.3) is 11.1 Å². The van der Waals surface area contributed by atoms with Crippen molar-refractivity contribution in [2.75, 3.05) is 0 Å². The molecule has 84 valence electrons. The molecule has 0 atom stereocenters. The molecule has 0 unspecified atom stereocenters. The van der Waals surface area contributed by atoms with Crippen molar-refractivity contribution in [3.8, 4) is 16.9 Å². The lowest BCUT2D eigenvalue weighted by Gasteiger charge is -2.10. The summed E-state index contributed by atoms with van der Waals surface area (Å²) < 4.78 is 13.8. The van der Waals surface area contributed by atoms with Crippen LogP contribution in [0.1, 0.15) is 25.3 Å². The van der Waals surface area contributed by atoms with E-state index in [1.165, 1.54) is 18.3 Å². The Bertz CT molecular complexity index is 492. The normalized spacial score (nSPS) is 11.0. The number of hydrogen-bond donors (Lipinski definition) is 2. The molecule has 0 fully saturated rings. The van der Waals surface area contributed by atoms with E-state index in [0.29, 0.717) is 16.7 Å². The van der Waals surface area contributed by atoms with Crippen LogP contribution in [0.2, 0.25) is 0 Å². The zero-order valence-corrected chi connectivity index (χ0v) is 9.16. The van der Waals surface area contributed by atoms with Gasteiger partial charge in [-0.1, -0.05) is 13.8 Å². The van der Waals surface area contributed by atoms with Gasteiger partial charge in [0.1, 0.15) is 11.6 Å². The number of H-pyrrole nitrogens is 1. The molecule has 1 heterocycles. The maximum Gasteiger partial charge on any atom is 0.131 e. The fraction of sp³-hybridized carbons (Fsp3) is 0.250. The minimum Gasteiger partial charge on any atom is -0.508 e. The first-order chi connectivity index (χ1) is 7.59.